The molecule has 1 saturated heterocycles. The van der Waals surface area contributed by atoms with E-state index in [1.165, 1.54) is 0 Å². The third-order valence-corrected chi connectivity index (χ3v) is 3.20. The minimum Gasteiger partial charge on any atom is -0.481 e. The smallest absolute Gasteiger partial charge is 0.303 e. The summed E-state index contributed by atoms with van der Waals surface area (Å²) in [7, 11) is 0. The van der Waals surface area contributed by atoms with Crippen molar-refractivity contribution in [3.63, 3.8) is 0 Å². The maximum Gasteiger partial charge on any atom is 0.303 e. The van der Waals surface area contributed by atoms with E-state index in [2.05, 4.69) is 14.9 Å². The Morgan fingerprint density at radius 2 is 2.42 bits per heavy atom. The molecule has 19 heavy (non-hydrogen) atoms. The minimum atomic E-state index is -0.735. The highest BCUT2D eigenvalue weighted by atomic mass is 16.5. The van der Waals surface area contributed by atoms with Gasteiger partial charge in [0.05, 0.1) is 19.0 Å². The van der Waals surface area contributed by atoms with Gasteiger partial charge in [0.25, 0.3) is 0 Å². The highest BCUT2D eigenvalue weighted by molar-refractivity contribution is 5.67. The van der Waals surface area contributed by atoms with Crippen LogP contribution in [0.15, 0.2) is 12.4 Å². The predicted molar refractivity (Wildman–Crippen MR) is 70.4 cm³/mol. The first-order valence-electron chi connectivity index (χ1n) is 6.60. The van der Waals surface area contributed by atoms with Gasteiger partial charge < -0.3 is 14.7 Å². The zero-order valence-corrected chi connectivity index (χ0v) is 11.1. The second-order valence-electron chi connectivity index (χ2n) is 4.70. The summed E-state index contributed by atoms with van der Waals surface area (Å²) in [5, 5.41) is 8.87. The number of carboxylic acid groups (broad SMARTS) is 1. The predicted octanol–water partition coefficient (Wildman–Crippen LogP) is 1.57. The van der Waals surface area contributed by atoms with Crippen molar-refractivity contribution in [1.29, 1.82) is 0 Å². The molecule has 6 heteroatoms. The zero-order chi connectivity index (χ0) is 13.7. The molecule has 0 radical (unpaired) electrons. The Labute approximate surface area is 112 Å². The van der Waals surface area contributed by atoms with Crippen LogP contribution in [0.4, 0.5) is 5.82 Å². The summed E-state index contributed by atoms with van der Waals surface area (Å²) in [4.78, 5) is 21.4. The third kappa shape index (κ3) is 3.81. The number of hydrogen-bond acceptors (Lipinski definition) is 5. The van der Waals surface area contributed by atoms with E-state index in [-0.39, 0.29) is 12.3 Å². The molecule has 1 aromatic rings. The van der Waals surface area contributed by atoms with Crippen LogP contribution in [0, 0.1) is 5.92 Å². The van der Waals surface area contributed by atoms with Gasteiger partial charge in [-0.2, -0.15) is 4.98 Å². The molecule has 104 valence electrons. The van der Waals surface area contributed by atoms with Gasteiger partial charge in [-0.25, -0.2) is 0 Å². The minimum absolute atomic E-state index is 0.184. The molecule has 0 saturated carbocycles. The molecule has 1 unspecified atom stereocenters. The van der Waals surface area contributed by atoms with Gasteiger partial charge >= 0.3 is 5.97 Å². The van der Waals surface area contributed by atoms with Crippen LogP contribution < -0.4 is 9.64 Å². The molecule has 1 atom stereocenters. The van der Waals surface area contributed by atoms with Crippen LogP contribution in [0.1, 0.15) is 26.2 Å². The lowest BCUT2D eigenvalue weighted by Gasteiger charge is -2.32. The van der Waals surface area contributed by atoms with Crippen LogP contribution in [0.2, 0.25) is 0 Å². The van der Waals surface area contributed by atoms with Crippen molar-refractivity contribution in [3.05, 3.63) is 12.4 Å². The van der Waals surface area contributed by atoms with Crippen LogP contribution in [0.3, 0.4) is 0 Å². The van der Waals surface area contributed by atoms with E-state index >= 15 is 0 Å². The lowest BCUT2D eigenvalue weighted by atomic mass is 9.95. The van der Waals surface area contributed by atoms with E-state index in [0.29, 0.717) is 12.5 Å². The number of hydrogen-bond donors (Lipinski definition) is 1. The fourth-order valence-corrected chi connectivity index (χ4v) is 2.39. The molecule has 0 aliphatic carbocycles. The summed E-state index contributed by atoms with van der Waals surface area (Å²) in [6.07, 6.45) is 5.45. The third-order valence-electron chi connectivity index (χ3n) is 3.20. The van der Waals surface area contributed by atoms with Gasteiger partial charge in [0.2, 0.25) is 5.88 Å². The molecule has 1 aliphatic rings. The molecule has 1 fully saturated rings. The average Bonchev–Trinajstić information content (AvgIpc) is 2.39. The summed E-state index contributed by atoms with van der Waals surface area (Å²) in [5.74, 6) is 0.728. The number of rotatable bonds is 5. The second kappa shape index (κ2) is 6.36. The lowest BCUT2D eigenvalue weighted by molar-refractivity contribution is -0.138. The van der Waals surface area contributed by atoms with E-state index in [4.69, 9.17) is 9.84 Å². The van der Waals surface area contributed by atoms with Gasteiger partial charge in [0.1, 0.15) is 0 Å². The molecular formula is C13H19N3O3. The fourth-order valence-electron chi connectivity index (χ4n) is 2.39. The molecule has 2 heterocycles. The monoisotopic (exact) mass is 265 g/mol. The highest BCUT2D eigenvalue weighted by Gasteiger charge is 2.23. The standard InChI is InChI=1S/C13H19N3O3/c1-2-19-12-8-14-7-11(15-12)16-5-3-4-10(9-16)6-13(17)18/h7-8,10H,2-6,9H2,1H3,(H,17,18). The lowest BCUT2D eigenvalue weighted by Crippen LogP contribution is -2.36. The van der Waals surface area contributed by atoms with Crippen molar-refractivity contribution >= 4 is 11.8 Å². The molecule has 0 aromatic carbocycles. The van der Waals surface area contributed by atoms with E-state index in [1.807, 2.05) is 6.92 Å². The molecule has 6 nitrogen and oxygen atoms in total. The van der Waals surface area contributed by atoms with Gasteiger partial charge in [-0.15, -0.1) is 0 Å². The molecule has 0 amide bonds. The van der Waals surface area contributed by atoms with Crippen molar-refractivity contribution in [3.8, 4) is 5.88 Å². The number of aromatic nitrogens is 2. The quantitative estimate of drug-likeness (QED) is 0.871. The number of ether oxygens (including phenoxy) is 1. The van der Waals surface area contributed by atoms with Crippen molar-refractivity contribution < 1.29 is 14.6 Å². The average molecular weight is 265 g/mol. The van der Waals surface area contributed by atoms with E-state index in [1.54, 1.807) is 12.4 Å². The first kappa shape index (κ1) is 13.6. The molecule has 2 rings (SSSR count). The molecule has 1 aromatic heterocycles. The Bertz CT molecular complexity index is 439. The molecule has 1 aliphatic heterocycles. The number of piperidine rings is 1. The van der Waals surface area contributed by atoms with Crippen molar-refractivity contribution in [2.24, 2.45) is 5.92 Å². The summed E-state index contributed by atoms with van der Waals surface area (Å²) < 4.78 is 5.33. The first-order valence-corrected chi connectivity index (χ1v) is 6.60. The van der Waals surface area contributed by atoms with Gasteiger partial charge in [-0.3, -0.25) is 9.78 Å². The van der Waals surface area contributed by atoms with E-state index in [9.17, 15) is 4.79 Å². The first-order chi connectivity index (χ1) is 9.19. The Morgan fingerprint density at radius 3 is 3.16 bits per heavy atom. The van der Waals surface area contributed by atoms with Crippen molar-refractivity contribution in [1.82, 2.24) is 9.97 Å². The molecule has 1 N–H and O–H groups in total. The zero-order valence-electron chi connectivity index (χ0n) is 11.1. The van der Waals surface area contributed by atoms with E-state index < -0.39 is 5.97 Å². The number of carboxylic acids is 1. The van der Waals surface area contributed by atoms with Gasteiger partial charge in [-0.05, 0) is 25.7 Å². The van der Waals surface area contributed by atoms with Crippen LogP contribution in [0.25, 0.3) is 0 Å². The SMILES string of the molecule is CCOc1cncc(N2CCCC(CC(=O)O)C2)n1. The van der Waals surface area contributed by atoms with Crippen LogP contribution in [-0.4, -0.2) is 40.7 Å². The number of aliphatic carboxylic acids is 1. The van der Waals surface area contributed by atoms with Gasteiger partial charge in [-0.1, -0.05) is 0 Å². The summed E-state index contributed by atoms with van der Waals surface area (Å²) in [6, 6.07) is 0. The Hall–Kier alpha value is -1.85. The van der Waals surface area contributed by atoms with Crippen LogP contribution in [0.5, 0.6) is 5.88 Å². The van der Waals surface area contributed by atoms with Crippen LogP contribution >= 0.6 is 0 Å². The Balaban J connectivity index is 2.04. The second-order valence-corrected chi connectivity index (χ2v) is 4.70. The summed E-state index contributed by atoms with van der Waals surface area (Å²) in [5.41, 5.74) is 0. The summed E-state index contributed by atoms with van der Waals surface area (Å²) >= 11 is 0. The van der Waals surface area contributed by atoms with Crippen molar-refractivity contribution in [2.45, 2.75) is 26.2 Å². The summed E-state index contributed by atoms with van der Waals surface area (Å²) in [6.45, 7) is 4.06. The van der Waals surface area contributed by atoms with Gasteiger partial charge in [0, 0.05) is 19.5 Å². The normalized spacial score (nSPS) is 19.2. The molecule has 0 bridgehead atoms. The van der Waals surface area contributed by atoms with Crippen LogP contribution in [-0.2, 0) is 4.79 Å². The number of carbonyl (C=O) groups is 1. The topological polar surface area (TPSA) is 75.5 Å². The highest BCUT2D eigenvalue weighted by Crippen LogP contribution is 2.24. The molecule has 0 spiro atoms. The molecular weight excluding hydrogens is 246 g/mol. The maximum atomic E-state index is 10.8. The number of anilines is 1. The largest absolute Gasteiger partial charge is 0.481 e. The number of nitrogens with zero attached hydrogens (tertiary/aromatic N) is 3. The van der Waals surface area contributed by atoms with E-state index in [0.717, 1.165) is 31.7 Å². The fraction of sp³-hybridized carbons (Fsp3) is 0.615. The van der Waals surface area contributed by atoms with Gasteiger partial charge in [0.15, 0.2) is 5.82 Å². The Morgan fingerprint density at radius 1 is 1.58 bits per heavy atom. The Kier molecular flexibility index (Phi) is 4.54. The maximum absolute atomic E-state index is 10.8. The van der Waals surface area contributed by atoms with Crippen molar-refractivity contribution in [2.75, 3.05) is 24.6 Å².